The van der Waals surface area contributed by atoms with Crippen LogP contribution in [0.25, 0.3) is 0 Å². The van der Waals surface area contributed by atoms with Crippen LogP contribution in [0.15, 0.2) is 24.3 Å². The van der Waals surface area contributed by atoms with E-state index in [1.54, 1.807) is 4.90 Å². The molecule has 1 saturated heterocycles. The van der Waals surface area contributed by atoms with Crippen molar-refractivity contribution in [1.29, 1.82) is 0 Å². The molecule has 1 amide bonds. The van der Waals surface area contributed by atoms with Gasteiger partial charge >= 0.3 is 0 Å². The van der Waals surface area contributed by atoms with E-state index in [2.05, 4.69) is 5.32 Å². The van der Waals surface area contributed by atoms with E-state index in [-0.39, 0.29) is 18.0 Å². The highest BCUT2D eigenvalue weighted by Crippen LogP contribution is 2.37. The van der Waals surface area contributed by atoms with Crippen LogP contribution in [0.4, 0.5) is 0 Å². The minimum absolute atomic E-state index is 0.0142. The molecule has 4 nitrogen and oxygen atoms in total. The molecular formula is C12H12N2O2S. The van der Waals surface area contributed by atoms with Crippen LogP contribution in [-0.4, -0.2) is 28.6 Å². The number of fused-ring (bicyclic) bond motifs is 1. The van der Waals surface area contributed by atoms with Crippen LogP contribution in [0.2, 0.25) is 0 Å². The first kappa shape index (κ1) is 10.5. The molecular weight excluding hydrogens is 236 g/mol. The van der Waals surface area contributed by atoms with Crippen LogP contribution in [-0.2, 0) is 4.79 Å². The number of ether oxygens (including phenoxy) is 1. The van der Waals surface area contributed by atoms with Crippen LogP contribution in [0, 0.1) is 0 Å². The Hall–Kier alpha value is -1.62. The summed E-state index contributed by atoms with van der Waals surface area (Å²) in [5.74, 6) is 0.855. The summed E-state index contributed by atoms with van der Waals surface area (Å²) in [4.78, 5) is 13.7. The highest BCUT2D eigenvalue weighted by atomic mass is 32.1. The summed E-state index contributed by atoms with van der Waals surface area (Å²) >= 11 is 5.20. The molecule has 3 rings (SSSR count). The van der Waals surface area contributed by atoms with Crippen molar-refractivity contribution in [3.8, 4) is 5.75 Å². The first-order valence-corrected chi connectivity index (χ1v) is 5.94. The summed E-state index contributed by atoms with van der Waals surface area (Å²) in [7, 11) is 0. The van der Waals surface area contributed by atoms with Gasteiger partial charge in [0.25, 0.3) is 5.91 Å². The van der Waals surface area contributed by atoms with E-state index in [0.717, 1.165) is 11.3 Å². The predicted octanol–water partition coefficient (Wildman–Crippen LogP) is 1.23. The van der Waals surface area contributed by atoms with Crippen LogP contribution < -0.4 is 10.1 Å². The van der Waals surface area contributed by atoms with Crippen LogP contribution in [0.3, 0.4) is 0 Å². The third-order valence-electron chi connectivity index (χ3n) is 3.15. The molecule has 0 spiro atoms. The Labute approximate surface area is 105 Å². The average molecular weight is 248 g/mol. The van der Waals surface area contributed by atoms with Crippen LogP contribution in [0.1, 0.15) is 18.5 Å². The van der Waals surface area contributed by atoms with Gasteiger partial charge < -0.3 is 10.1 Å². The Morgan fingerprint density at radius 1 is 1.47 bits per heavy atom. The van der Waals surface area contributed by atoms with Crippen molar-refractivity contribution in [3.63, 3.8) is 0 Å². The number of hydrogen-bond donors (Lipinski definition) is 1. The van der Waals surface area contributed by atoms with Gasteiger partial charge in [-0.25, -0.2) is 0 Å². The molecule has 1 fully saturated rings. The topological polar surface area (TPSA) is 41.6 Å². The Morgan fingerprint density at radius 3 is 2.94 bits per heavy atom. The number of thiocarbonyl (C=S) groups is 1. The fraction of sp³-hybridized carbons (Fsp3) is 0.333. The monoisotopic (exact) mass is 248 g/mol. The van der Waals surface area contributed by atoms with Gasteiger partial charge in [-0.2, -0.15) is 0 Å². The molecule has 5 heteroatoms. The lowest BCUT2D eigenvalue weighted by Gasteiger charge is -2.21. The molecule has 1 aromatic rings. The number of nitrogens with zero attached hydrogens (tertiary/aromatic N) is 1. The maximum atomic E-state index is 12.0. The van der Waals surface area contributed by atoms with Crippen molar-refractivity contribution in [2.24, 2.45) is 0 Å². The second-order valence-corrected chi connectivity index (χ2v) is 4.63. The van der Waals surface area contributed by atoms with Gasteiger partial charge in [0.15, 0.2) is 5.11 Å². The van der Waals surface area contributed by atoms with E-state index in [1.807, 2.05) is 31.2 Å². The molecule has 0 aliphatic carbocycles. The molecule has 17 heavy (non-hydrogen) atoms. The second kappa shape index (κ2) is 3.70. The number of benzene rings is 1. The normalized spacial score (nSPS) is 26.8. The average Bonchev–Trinajstić information content (AvgIpc) is 2.82. The van der Waals surface area contributed by atoms with Gasteiger partial charge in [-0.15, -0.1) is 0 Å². The molecule has 0 unspecified atom stereocenters. The molecule has 2 atom stereocenters. The van der Waals surface area contributed by atoms with E-state index in [9.17, 15) is 4.79 Å². The molecule has 0 radical (unpaired) electrons. The largest absolute Gasteiger partial charge is 0.491 e. The standard InChI is InChI=1S/C12H12N2O2S/c1-7-11(15)14(12(17)13-7)9-6-16-10-5-3-2-4-8(9)10/h2-5,7,9H,6H2,1H3,(H,13,17)/t7-,9-/m1/s1. The third kappa shape index (κ3) is 1.50. The number of carbonyl (C=O) groups excluding carboxylic acids is 1. The summed E-state index contributed by atoms with van der Waals surface area (Å²) in [6, 6.07) is 7.42. The van der Waals surface area contributed by atoms with Gasteiger partial charge in [-0.3, -0.25) is 9.69 Å². The maximum absolute atomic E-state index is 12.0. The van der Waals surface area contributed by atoms with Crippen molar-refractivity contribution in [2.75, 3.05) is 6.61 Å². The van der Waals surface area contributed by atoms with Gasteiger partial charge in [0.2, 0.25) is 0 Å². The number of hydrogen-bond acceptors (Lipinski definition) is 3. The zero-order chi connectivity index (χ0) is 12.0. The second-order valence-electron chi connectivity index (χ2n) is 4.24. The fourth-order valence-corrected chi connectivity index (χ4v) is 2.67. The number of nitrogens with one attached hydrogen (secondary N) is 1. The number of para-hydroxylation sites is 1. The van der Waals surface area contributed by atoms with Crippen molar-refractivity contribution < 1.29 is 9.53 Å². The van der Waals surface area contributed by atoms with E-state index in [4.69, 9.17) is 17.0 Å². The number of carbonyl (C=O) groups is 1. The van der Waals surface area contributed by atoms with E-state index < -0.39 is 0 Å². The molecule has 0 bridgehead atoms. The Balaban J connectivity index is 1.97. The van der Waals surface area contributed by atoms with Crippen LogP contribution in [0.5, 0.6) is 5.75 Å². The van der Waals surface area contributed by atoms with Gasteiger partial charge in [-0.1, -0.05) is 18.2 Å². The molecule has 88 valence electrons. The van der Waals surface area contributed by atoms with Crippen molar-refractivity contribution in [1.82, 2.24) is 10.2 Å². The number of rotatable bonds is 1. The Bertz CT molecular complexity index is 503. The van der Waals surface area contributed by atoms with E-state index >= 15 is 0 Å². The first-order valence-electron chi connectivity index (χ1n) is 5.54. The van der Waals surface area contributed by atoms with Crippen molar-refractivity contribution >= 4 is 23.2 Å². The van der Waals surface area contributed by atoms with Gasteiger partial charge in [0, 0.05) is 5.56 Å². The smallest absolute Gasteiger partial charge is 0.251 e. The summed E-state index contributed by atoms with van der Waals surface area (Å²) in [6.45, 7) is 2.29. The molecule has 2 aliphatic heterocycles. The third-order valence-corrected chi connectivity index (χ3v) is 3.47. The molecule has 1 aromatic carbocycles. The minimum atomic E-state index is -0.240. The summed E-state index contributed by atoms with van der Waals surface area (Å²) in [5, 5.41) is 3.47. The highest BCUT2D eigenvalue weighted by Gasteiger charge is 2.41. The predicted molar refractivity (Wildman–Crippen MR) is 66.7 cm³/mol. The number of amides is 1. The highest BCUT2D eigenvalue weighted by molar-refractivity contribution is 7.80. The zero-order valence-corrected chi connectivity index (χ0v) is 10.2. The maximum Gasteiger partial charge on any atom is 0.251 e. The summed E-state index contributed by atoms with van der Waals surface area (Å²) in [5.41, 5.74) is 1.03. The molecule has 0 saturated carbocycles. The summed E-state index contributed by atoms with van der Waals surface area (Å²) in [6.07, 6.45) is 0. The molecule has 1 N–H and O–H groups in total. The SMILES string of the molecule is C[C@H]1NC(=S)N([C@@H]2COc3ccccc32)C1=O. The lowest BCUT2D eigenvalue weighted by Crippen LogP contribution is -2.35. The van der Waals surface area contributed by atoms with E-state index in [0.29, 0.717) is 11.7 Å². The minimum Gasteiger partial charge on any atom is -0.491 e. The molecule has 2 heterocycles. The lowest BCUT2D eigenvalue weighted by molar-refractivity contribution is -0.128. The van der Waals surface area contributed by atoms with Gasteiger partial charge in [0.1, 0.15) is 24.4 Å². The Morgan fingerprint density at radius 2 is 2.24 bits per heavy atom. The lowest BCUT2D eigenvalue weighted by atomic mass is 10.1. The first-order chi connectivity index (χ1) is 8.18. The van der Waals surface area contributed by atoms with Gasteiger partial charge in [-0.05, 0) is 25.2 Å². The fourth-order valence-electron chi connectivity index (χ4n) is 2.28. The van der Waals surface area contributed by atoms with E-state index in [1.165, 1.54) is 0 Å². The quantitative estimate of drug-likeness (QED) is 0.759. The molecule has 0 aromatic heterocycles. The van der Waals surface area contributed by atoms with Crippen molar-refractivity contribution in [2.45, 2.75) is 19.0 Å². The zero-order valence-electron chi connectivity index (χ0n) is 9.34. The molecule has 2 aliphatic rings. The van der Waals surface area contributed by atoms with Crippen LogP contribution >= 0.6 is 12.2 Å². The van der Waals surface area contributed by atoms with Gasteiger partial charge in [0.05, 0.1) is 0 Å². The Kier molecular flexibility index (Phi) is 2.29. The van der Waals surface area contributed by atoms with Crippen molar-refractivity contribution in [3.05, 3.63) is 29.8 Å². The summed E-state index contributed by atoms with van der Waals surface area (Å²) < 4.78 is 5.57.